The zero-order valence-electron chi connectivity index (χ0n) is 16.9. The number of carbonyl (C=O) groups excluding carboxylic acids is 1. The van der Waals surface area contributed by atoms with Gasteiger partial charge >= 0.3 is 6.03 Å². The Balaban J connectivity index is 1.41. The molecule has 4 rings (SSSR count). The third-order valence-electron chi connectivity index (χ3n) is 5.62. The van der Waals surface area contributed by atoms with Gasteiger partial charge in [-0.1, -0.05) is 12.1 Å². The Bertz CT molecular complexity index is 831. The summed E-state index contributed by atoms with van der Waals surface area (Å²) in [6, 6.07) is 14.9. The highest BCUT2D eigenvalue weighted by atomic mass is 16.5. The third-order valence-corrected chi connectivity index (χ3v) is 5.62. The number of benzene rings is 2. The molecule has 0 radical (unpaired) electrons. The Kier molecular flexibility index (Phi) is 5.90. The molecular formula is C23H28N2O4. The van der Waals surface area contributed by atoms with Crippen molar-refractivity contribution >= 4 is 11.7 Å². The van der Waals surface area contributed by atoms with Crippen LogP contribution in [0.2, 0.25) is 0 Å². The molecule has 2 aliphatic rings. The van der Waals surface area contributed by atoms with Crippen molar-refractivity contribution in [1.82, 2.24) is 4.90 Å². The van der Waals surface area contributed by atoms with E-state index in [2.05, 4.69) is 5.32 Å². The minimum absolute atomic E-state index is 0.0878. The fraction of sp³-hybridized carbons (Fsp3) is 0.435. The molecule has 0 saturated carbocycles. The van der Waals surface area contributed by atoms with E-state index in [-0.39, 0.29) is 11.4 Å². The number of carbonyl (C=O) groups is 1. The van der Waals surface area contributed by atoms with Crippen LogP contribution in [0.15, 0.2) is 48.5 Å². The highest BCUT2D eigenvalue weighted by Crippen LogP contribution is 2.38. The van der Waals surface area contributed by atoms with Crippen LogP contribution < -0.4 is 14.8 Å². The second kappa shape index (κ2) is 8.74. The molecular weight excluding hydrogens is 368 g/mol. The molecule has 0 bridgehead atoms. The van der Waals surface area contributed by atoms with Gasteiger partial charge in [0, 0.05) is 25.1 Å². The monoisotopic (exact) mass is 396 g/mol. The summed E-state index contributed by atoms with van der Waals surface area (Å²) in [4.78, 5) is 14.8. The molecule has 1 unspecified atom stereocenters. The van der Waals surface area contributed by atoms with E-state index in [1.165, 1.54) is 0 Å². The maximum absolute atomic E-state index is 12.9. The number of hydrogen-bond acceptors (Lipinski definition) is 4. The Labute approximate surface area is 171 Å². The Morgan fingerprint density at radius 2 is 1.93 bits per heavy atom. The smallest absolute Gasteiger partial charge is 0.321 e. The van der Waals surface area contributed by atoms with Crippen LogP contribution in [-0.2, 0) is 4.74 Å². The topological polar surface area (TPSA) is 60.0 Å². The molecule has 6 nitrogen and oxygen atoms in total. The molecule has 1 N–H and O–H groups in total. The quantitative estimate of drug-likeness (QED) is 0.780. The Morgan fingerprint density at radius 1 is 1.14 bits per heavy atom. The predicted octanol–water partition coefficient (Wildman–Crippen LogP) is 4.91. The zero-order valence-corrected chi connectivity index (χ0v) is 16.9. The number of nitrogens with zero attached hydrogens (tertiary/aromatic N) is 1. The van der Waals surface area contributed by atoms with Crippen LogP contribution in [0.25, 0.3) is 0 Å². The summed E-state index contributed by atoms with van der Waals surface area (Å²) in [5.74, 6) is 2.10. The second-order valence-electron chi connectivity index (χ2n) is 7.76. The van der Waals surface area contributed by atoms with E-state index in [4.69, 9.17) is 14.2 Å². The summed E-state index contributed by atoms with van der Waals surface area (Å²) < 4.78 is 17.1. The van der Waals surface area contributed by atoms with Crippen molar-refractivity contribution in [2.24, 2.45) is 5.41 Å². The molecule has 154 valence electrons. The van der Waals surface area contributed by atoms with Crippen molar-refractivity contribution < 1.29 is 19.0 Å². The van der Waals surface area contributed by atoms with Crippen LogP contribution in [0.1, 0.15) is 26.2 Å². The lowest BCUT2D eigenvalue weighted by Crippen LogP contribution is -2.38. The van der Waals surface area contributed by atoms with Crippen molar-refractivity contribution in [3.8, 4) is 17.2 Å². The van der Waals surface area contributed by atoms with Gasteiger partial charge in [0.1, 0.15) is 11.5 Å². The summed E-state index contributed by atoms with van der Waals surface area (Å²) in [5, 5.41) is 3.02. The first-order chi connectivity index (χ1) is 14.2. The van der Waals surface area contributed by atoms with Crippen molar-refractivity contribution in [2.75, 3.05) is 38.2 Å². The molecule has 2 saturated heterocycles. The summed E-state index contributed by atoms with van der Waals surface area (Å²) in [7, 11) is 0. The highest BCUT2D eigenvalue weighted by molar-refractivity contribution is 5.91. The lowest BCUT2D eigenvalue weighted by Gasteiger charge is -2.33. The molecule has 2 fully saturated rings. The van der Waals surface area contributed by atoms with E-state index >= 15 is 0 Å². The van der Waals surface area contributed by atoms with E-state index in [9.17, 15) is 4.79 Å². The number of likely N-dealkylation sites (tertiary alicyclic amines) is 1. The molecule has 2 aliphatic heterocycles. The van der Waals surface area contributed by atoms with Crippen LogP contribution in [-0.4, -0.2) is 43.8 Å². The fourth-order valence-corrected chi connectivity index (χ4v) is 4.09. The highest BCUT2D eigenvalue weighted by Gasteiger charge is 2.41. The molecule has 2 aromatic carbocycles. The van der Waals surface area contributed by atoms with Crippen LogP contribution >= 0.6 is 0 Å². The van der Waals surface area contributed by atoms with Gasteiger partial charge in [-0.25, -0.2) is 4.79 Å². The summed E-state index contributed by atoms with van der Waals surface area (Å²) in [5.41, 5.74) is 0.792. The van der Waals surface area contributed by atoms with Crippen molar-refractivity contribution in [3.05, 3.63) is 48.5 Å². The van der Waals surface area contributed by atoms with Gasteiger partial charge in [-0.05, 0) is 62.6 Å². The summed E-state index contributed by atoms with van der Waals surface area (Å²) in [6.45, 7) is 5.68. The first kappa shape index (κ1) is 19.6. The maximum atomic E-state index is 12.9. The SMILES string of the molecule is CCOc1ccc(Oc2ccccc2NC(=O)N2CCC3(CCCOC3)C2)cc1. The first-order valence-corrected chi connectivity index (χ1v) is 10.3. The molecule has 0 aliphatic carbocycles. The normalized spacial score (nSPS) is 21.2. The van der Waals surface area contributed by atoms with E-state index < -0.39 is 0 Å². The number of nitrogens with one attached hydrogen (secondary N) is 1. The van der Waals surface area contributed by atoms with Crippen LogP contribution in [0.4, 0.5) is 10.5 Å². The van der Waals surface area contributed by atoms with Gasteiger partial charge in [0.2, 0.25) is 0 Å². The number of anilines is 1. The van der Waals surface area contributed by atoms with Crippen LogP contribution in [0.5, 0.6) is 17.2 Å². The molecule has 2 aromatic rings. The molecule has 1 spiro atoms. The van der Waals surface area contributed by atoms with E-state index in [1.807, 2.05) is 60.4 Å². The number of urea groups is 1. The molecule has 2 amide bonds. The second-order valence-corrected chi connectivity index (χ2v) is 7.76. The van der Waals surface area contributed by atoms with Gasteiger partial charge in [-0.3, -0.25) is 0 Å². The van der Waals surface area contributed by atoms with E-state index in [1.54, 1.807) is 0 Å². The number of hydrogen-bond donors (Lipinski definition) is 1. The lowest BCUT2D eigenvalue weighted by molar-refractivity contribution is -0.000214. The lowest BCUT2D eigenvalue weighted by atomic mass is 9.82. The molecule has 2 heterocycles. The van der Waals surface area contributed by atoms with Gasteiger partial charge in [-0.2, -0.15) is 0 Å². The zero-order chi connectivity index (χ0) is 20.1. The first-order valence-electron chi connectivity index (χ1n) is 10.3. The van der Waals surface area contributed by atoms with Gasteiger partial charge < -0.3 is 24.4 Å². The van der Waals surface area contributed by atoms with Gasteiger partial charge in [0.05, 0.1) is 18.9 Å². The number of rotatable bonds is 5. The minimum atomic E-state index is -0.0878. The third kappa shape index (κ3) is 4.65. The minimum Gasteiger partial charge on any atom is -0.494 e. The number of ether oxygens (including phenoxy) is 3. The van der Waals surface area contributed by atoms with Crippen molar-refractivity contribution in [3.63, 3.8) is 0 Å². The molecule has 1 atom stereocenters. The summed E-state index contributed by atoms with van der Waals surface area (Å²) in [6.07, 6.45) is 3.22. The number of amides is 2. The summed E-state index contributed by atoms with van der Waals surface area (Å²) >= 11 is 0. The molecule has 6 heteroatoms. The van der Waals surface area contributed by atoms with E-state index in [0.29, 0.717) is 23.8 Å². The van der Waals surface area contributed by atoms with E-state index in [0.717, 1.165) is 51.3 Å². The van der Waals surface area contributed by atoms with Crippen LogP contribution in [0.3, 0.4) is 0 Å². The van der Waals surface area contributed by atoms with Crippen molar-refractivity contribution in [2.45, 2.75) is 26.2 Å². The maximum Gasteiger partial charge on any atom is 0.321 e. The average molecular weight is 396 g/mol. The molecule has 29 heavy (non-hydrogen) atoms. The van der Waals surface area contributed by atoms with Gasteiger partial charge in [0.15, 0.2) is 5.75 Å². The molecule has 0 aromatic heterocycles. The number of para-hydroxylation sites is 2. The largest absolute Gasteiger partial charge is 0.494 e. The standard InChI is InChI=1S/C23H28N2O4/c1-2-28-18-8-10-19(11-9-18)29-21-7-4-3-6-20(21)24-22(26)25-14-13-23(16-25)12-5-15-27-17-23/h3-4,6-11H,2,5,12-17H2,1H3,(H,24,26). The Hall–Kier alpha value is -2.73. The predicted molar refractivity (Wildman–Crippen MR) is 112 cm³/mol. The van der Waals surface area contributed by atoms with Gasteiger partial charge in [0.25, 0.3) is 0 Å². The van der Waals surface area contributed by atoms with Crippen LogP contribution in [0, 0.1) is 5.41 Å². The Morgan fingerprint density at radius 3 is 2.69 bits per heavy atom. The fourth-order valence-electron chi connectivity index (χ4n) is 4.09. The van der Waals surface area contributed by atoms with Crippen molar-refractivity contribution in [1.29, 1.82) is 0 Å². The van der Waals surface area contributed by atoms with Gasteiger partial charge in [-0.15, -0.1) is 0 Å². The average Bonchev–Trinajstić information content (AvgIpc) is 3.15.